The van der Waals surface area contributed by atoms with Crippen LogP contribution in [0, 0.1) is 5.41 Å². The van der Waals surface area contributed by atoms with E-state index in [1.165, 1.54) is 7.11 Å². The molecule has 1 aromatic rings. The van der Waals surface area contributed by atoms with Crippen LogP contribution in [0.3, 0.4) is 0 Å². The molecule has 0 unspecified atom stereocenters. The van der Waals surface area contributed by atoms with E-state index in [0.717, 1.165) is 4.47 Å². The smallest absolute Gasteiger partial charge is 0.313 e. The number of rotatable bonds is 3. The number of nitrogens with zero attached hydrogens (tertiary/aromatic N) is 2. The summed E-state index contributed by atoms with van der Waals surface area (Å²) in [6.45, 7) is 4.02. The van der Waals surface area contributed by atoms with Crippen molar-refractivity contribution in [1.29, 1.82) is 0 Å². The minimum absolute atomic E-state index is 0.271. The van der Waals surface area contributed by atoms with Crippen molar-refractivity contribution < 1.29 is 9.53 Å². The molecular weight excluding hydrogens is 262 g/mol. The van der Waals surface area contributed by atoms with Gasteiger partial charge in [-0.25, -0.2) is 0 Å². The Morgan fingerprint density at radius 3 is 2.73 bits per heavy atom. The molecule has 0 amide bonds. The molecule has 0 fully saturated rings. The molecule has 0 spiro atoms. The molecule has 0 atom stereocenters. The lowest BCUT2D eigenvalue weighted by molar-refractivity contribution is -0.151. The standard InChI is InChI=1S/C9H14BrN3O2/c1-9(2,8(14)15-3)5-13-4-6(10)7(11)12-13/h4H,5H2,1-3H3,(H2,11,12). The SMILES string of the molecule is COC(=O)C(C)(C)Cn1cc(Br)c(N)n1. The molecule has 0 radical (unpaired) electrons. The van der Waals surface area contributed by atoms with Gasteiger partial charge >= 0.3 is 5.97 Å². The number of aromatic nitrogens is 2. The van der Waals surface area contributed by atoms with Crippen LogP contribution in [0.2, 0.25) is 0 Å². The number of esters is 1. The molecule has 1 rings (SSSR count). The molecule has 0 aliphatic heterocycles. The quantitative estimate of drug-likeness (QED) is 0.848. The number of anilines is 1. The van der Waals surface area contributed by atoms with E-state index < -0.39 is 5.41 Å². The van der Waals surface area contributed by atoms with Gasteiger partial charge in [0.25, 0.3) is 0 Å². The van der Waals surface area contributed by atoms with Crippen molar-refractivity contribution in [2.45, 2.75) is 20.4 Å². The number of nitrogens with two attached hydrogens (primary N) is 1. The lowest BCUT2D eigenvalue weighted by Gasteiger charge is -2.20. The molecule has 15 heavy (non-hydrogen) atoms. The van der Waals surface area contributed by atoms with Gasteiger partial charge in [-0.05, 0) is 29.8 Å². The molecule has 0 aliphatic carbocycles. The van der Waals surface area contributed by atoms with Gasteiger partial charge in [0.1, 0.15) is 0 Å². The van der Waals surface area contributed by atoms with Crippen LogP contribution in [0.4, 0.5) is 5.82 Å². The first-order valence-corrected chi connectivity index (χ1v) is 5.23. The fourth-order valence-corrected chi connectivity index (χ4v) is 1.55. The van der Waals surface area contributed by atoms with E-state index in [1.54, 1.807) is 24.7 Å². The Bertz CT molecular complexity index is 354. The van der Waals surface area contributed by atoms with E-state index in [2.05, 4.69) is 21.0 Å². The van der Waals surface area contributed by atoms with E-state index in [9.17, 15) is 4.79 Å². The lowest BCUT2D eigenvalue weighted by atomic mass is 9.94. The average molecular weight is 276 g/mol. The molecule has 84 valence electrons. The van der Waals surface area contributed by atoms with Crippen molar-refractivity contribution in [2.75, 3.05) is 12.8 Å². The highest BCUT2D eigenvalue weighted by molar-refractivity contribution is 9.10. The van der Waals surface area contributed by atoms with E-state index >= 15 is 0 Å². The minimum atomic E-state index is -0.618. The third-order valence-corrected chi connectivity index (χ3v) is 2.65. The van der Waals surface area contributed by atoms with Crippen LogP contribution in [0.5, 0.6) is 0 Å². The first-order chi connectivity index (χ1) is 6.86. The fourth-order valence-electron chi connectivity index (χ4n) is 1.24. The van der Waals surface area contributed by atoms with Crippen LogP contribution in [0.25, 0.3) is 0 Å². The zero-order valence-electron chi connectivity index (χ0n) is 8.95. The Labute approximate surface area is 96.7 Å². The number of hydrogen-bond donors (Lipinski definition) is 1. The van der Waals surface area contributed by atoms with Crippen molar-refractivity contribution in [3.63, 3.8) is 0 Å². The second kappa shape index (κ2) is 4.22. The molecule has 0 bridgehead atoms. The summed E-state index contributed by atoms with van der Waals surface area (Å²) in [5.74, 6) is 0.142. The molecule has 0 saturated heterocycles. The van der Waals surface area contributed by atoms with Crippen LogP contribution in [0.1, 0.15) is 13.8 Å². The molecule has 0 aromatic carbocycles. The van der Waals surface area contributed by atoms with Crippen LogP contribution >= 0.6 is 15.9 Å². The van der Waals surface area contributed by atoms with Gasteiger partial charge < -0.3 is 10.5 Å². The Hall–Kier alpha value is -1.04. The number of carbonyl (C=O) groups excluding carboxylic acids is 1. The minimum Gasteiger partial charge on any atom is -0.469 e. The largest absolute Gasteiger partial charge is 0.469 e. The second-order valence-corrected chi connectivity index (χ2v) is 4.79. The first-order valence-electron chi connectivity index (χ1n) is 4.43. The molecule has 0 saturated carbocycles. The maximum atomic E-state index is 11.4. The van der Waals surface area contributed by atoms with Gasteiger partial charge in [-0.2, -0.15) is 5.10 Å². The average Bonchev–Trinajstić information content (AvgIpc) is 2.43. The molecule has 2 N–H and O–H groups in total. The predicted molar refractivity (Wildman–Crippen MR) is 60.1 cm³/mol. The summed E-state index contributed by atoms with van der Waals surface area (Å²) in [5, 5.41) is 4.05. The summed E-state index contributed by atoms with van der Waals surface area (Å²) >= 11 is 3.25. The van der Waals surface area contributed by atoms with E-state index in [1.807, 2.05) is 0 Å². The monoisotopic (exact) mass is 275 g/mol. The van der Waals surface area contributed by atoms with Gasteiger partial charge in [-0.1, -0.05) is 0 Å². The third kappa shape index (κ3) is 2.71. The number of ether oxygens (including phenoxy) is 1. The van der Waals surface area contributed by atoms with Crippen molar-refractivity contribution in [3.8, 4) is 0 Å². The second-order valence-electron chi connectivity index (χ2n) is 3.94. The summed E-state index contributed by atoms with van der Waals surface area (Å²) in [6, 6.07) is 0. The van der Waals surface area contributed by atoms with Crippen molar-refractivity contribution in [2.24, 2.45) is 5.41 Å². The van der Waals surface area contributed by atoms with E-state index in [-0.39, 0.29) is 5.97 Å². The zero-order valence-corrected chi connectivity index (χ0v) is 10.5. The Balaban J connectivity index is 2.81. The highest BCUT2D eigenvalue weighted by Crippen LogP contribution is 2.23. The Morgan fingerprint density at radius 2 is 2.33 bits per heavy atom. The summed E-state index contributed by atoms with van der Waals surface area (Å²) in [4.78, 5) is 11.4. The number of hydrogen-bond acceptors (Lipinski definition) is 4. The first kappa shape index (κ1) is 12.0. The molecule has 5 nitrogen and oxygen atoms in total. The number of carbonyl (C=O) groups is 1. The number of halogens is 1. The van der Waals surface area contributed by atoms with Gasteiger partial charge in [0.2, 0.25) is 0 Å². The van der Waals surface area contributed by atoms with Gasteiger partial charge in [0, 0.05) is 6.20 Å². The third-order valence-electron chi connectivity index (χ3n) is 2.04. The maximum absolute atomic E-state index is 11.4. The maximum Gasteiger partial charge on any atom is 0.313 e. The topological polar surface area (TPSA) is 70.1 Å². The highest BCUT2D eigenvalue weighted by atomic mass is 79.9. The van der Waals surface area contributed by atoms with Gasteiger partial charge in [0.05, 0.1) is 23.5 Å². The lowest BCUT2D eigenvalue weighted by Crippen LogP contribution is -2.30. The fraction of sp³-hybridized carbons (Fsp3) is 0.556. The van der Waals surface area contributed by atoms with Gasteiger partial charge in [0.15, 0.2) is 5.82 Å². The molecule has 1 heterocycles. The van der Waals surface area contributed by atoms with E-state index in [4.69, 9.17) is 10.5 Å². The van der Waals surface area contributed by atoms with Crippen LogP contribution < -0.4 is 5.73 Å². The van der Waals surface area contributed by atoms with Gasteiger partial charge in [-0.15, -0.1) is 0 Å². The summed E-state index contributed by atoms with van der Waals surface area (Å²) in [6.07, 6.45) is 1.74. The predicted octanol–water partition coefficient (Wildman–Crippen LogP) is 1.43. The van der Waals surface area contributed by atoms with Crippen LogP contribution in [-0.2, 0) is 16.1 Å². The highest BCUT2D eigenvalue weighted by Gasteiger charge is 2.29. The Morgan fingerprint density at radius 1 is 1.73 bits per heavy atom. The summed E-state index contributed by atoms with van der Waals surface area (Å²) < 4.78 is 7.05. The number of methoxy groups -OCH3 is 1. The molecule has 1 aromatic heterocycles. The zero-order chi connectivity index (χ0) is 11.6. The summed E-state index contributed by atoms with van der Waals surface area (Å²) in [5.41, 5.74) is 4.95. The van der Waals surface area contributed by atoms with Crippen LogP contribution in [-0.4, -0.2) is 22.9 Å². The molecular formula is C9H14BrN3O2. The normalized spacial score (nSPS) is 11.5. The van der Waals surface area contributed by atoms with Crippen molar-refractivity contribution in [3.05, 3.63) is 10.7 Å². The number of nitrogen functional groups attached to an aromatic ring is 1. The van der Waals surface area contributed by atoms with Crippen molar-refractivity contribution >= 4 is 27.7 Å². The van der Waals surface area contributed by atoms with Crippen molar-refractivity contribution in [1.82, 2.24) is 9.78 Å². The molecule has 0 aliphatic rings. The molecule has 6 heteroatoms. The van der Waals surface area contributed by atoms with Gasteiger partial charge in [-0.3, -0.25) is 9.48 Å². The van der Waals surface area contributed by atoms with Crippen LogP contribution in [0.15, 0.2) is 10.7 Å². The van der Waals surface area contributed by atoms with E-state index in [0.29, 0.717) is 12.4 Å². The Kier molecular flexibility index (Phi) is 3.38. The summed E-state index contributed by atoms with van der Waals surface area (Å²) in [7, 11) is 1.37.